The highest BCUT2D eigenvalue weighted by atomic mass is 16.7. The Morgan fingerprint density at radius 1 is 0.739 bits per heavy atom. The molecule has 0 saturated carbocycles. The number of carbonyl (C=O) groups excluding carboxylic acids is 2. The predicted molar refractivity (Wildman–Crippen MR) is 177 cm³/mol. The molecule has 4 aromatic rings. The lowest BCUT2D eigenvalue weighted by molar-refractivity contribution is -0.163. The Morgan fingerprint density at radius 3 is 1.76 bits per heavy atom. The molecule has 46 heavy (non-hydrogen) atoms. The Labute approximate surface area is 271 Å². The molecule has 1 atom stereocenters. The first-order valence-corrected chi connectivity index (χ1v) is 15.7. The maximum atomic E-state index is 14.7. The molecule has 0 N–H and O–H groups in total. The number of amides is 1. The van der Waals surface area contributed by atoms with Crippen molar-refractivity contribution in [2.45, 2.75) is 44.2 Å². The molecule has 5 rings (SSSR count). The number of methoxy groups -OCH3 is 3. The second-order valence-corrected chi connectivity index (χ2v) is 11.3. The highest BCUT2D eigenvalue weighted by Crippen LogP contribution is 2.39. The van der Waals surface area contributed by atoms with Gasteiger partial charge in [-0.25, -0.2) is 4.79 Å². The number of hydrogen-bond donors (Lipinski definition) is 0. The zero-order chi connectivity index (χ0) is 32.3. The number of ether oxygens (including phenoxy) is 3. The molecular formula is C38H42N2O6. The molecule has 8 nitrogen and oxygen atoms in total. The third-order valence-corrected chi connectivity index (χ3v) is 8.46. The van der Waals surface area contributed by atoms with Crippen molar-refractivity contribution >= 4 is 11.9 Å². The zero-order valence-electron chi connectivity index (χ0n) is 26.8. The second-order valence-electron chi connectivity index (χ2n) is 11.3. The van der Waals surface area contributed by atoms with E-state index < -0.39 is 12.0 Å². The first-order valence-electron chi connectivity index (χ1n) is 15.7. The molecule has 1 saturated heterocycles. The first kappa shape index (κ1) is 32.6. The number of nitrogens with zero attached hydrogens (tertiary/aromatic N) is 2. The Kier molecular flexibility index (Phi) is 11.3. The summed E-state index contributed by atoms with van der Waals surface area (Å²) in [5.41, 5.74) is 3.48. The Balaban J connectivity index is 1.43. The van der Waals surface area contributed by atoms with Crippen LogP contribution in [0.15, 0.2) is 103 Å². The monoisotopic (exact) mass is 622 g/mol. The van der Waals surface area contributed by atoms with Gasteiger partial charge in [-0.15, -0.1) is 5.06 Å². The van der Waals surface area contributed by atoms with Crippen LogP contribution in [0.1, 0.15) is 52.4 Å². The highest BCUT2D eigenvalue weighted by Gasteiger charge is 2.39. The molecule has 4 aromatic carbocycles. The number of rotatable bonds is 13. The fourth-order valence-electron chi connectivity index (χ4n) is 6.09. The number of carbonyl (C=O) groups is 2. The molecule has 8 heteroatoms. The van der Waals surface area contributed by atoms with Crippen LogP contribution in [-0.4, -0.2) is 62.3 Å². The molecule has 1 aliphatic heterocycles. The van der Waals surface area contributed by atoms with Crippen molar-refractivity contribution in [3.05, 3.63) is 125 Å². The van der Waals surface area contributed by atoms with Gasteiger partial charge in [-0.1, -0.05) is 91.0 Å². The van der Waals surface area contributed by atoms with Gasteiger partial charge in [0.05, 0.1) is 26.9 Å². The molecule has 1 amide bonds. The summed E-state index contributed by atoms with van der Waals surface area (Å²) in [6.07, 6.45) is 4.02. The van der Waals surface area contributed by atoms with Crippen LogP contribution in [0, 0.1) is 0 Å². The summed E-state index contributed by atoms with van der Waals surface area (Å²) in [4.78, 5) is 36.4. The summed E-state index contributed by atoms with van der Waals surface area (Å²) < 4.78 is 16.3. The van der Waals surface area contributed by atoms with E-state index in [4.69, 9.17) is 19.0 Å². The largest absolute Gasteiger partial charge is 0.493 e. The number of benzene rings is 4. The minimum absolute atomic E-state index is 0.00452. The summed E-state index contributed by atoms with van der Waals surface area (Å²) in [7, 11) is 4.49. The van der Waals surface area contributed by atoms with Gasteiger partial charge in [0.25, 0.3) is 0 Å². The quantitative estimate of drug-likeness (QED) is 0.164. The minimum Gasteiger partial charge on any atom is -0.493 e. The number of aryl methyl sites for hydroxylation is 2. The van der Waals surface area contributed by atoms with Gasteiger partial charge in [-0.2, -0.15) is 0 Å². The van der Waals surface area contributed by atoms with Gasteiger partial charge < -0.3 is 23.9 Å². The maximum Gasteiger partial charge on any atom is 0.357 e. The van der Waals surface area contributed by atoms with Gasteiger partial charge >= 0.3 is 5.97 Å². The molecule has 1 aliphatic rings. The summed E-state index contributed by atoms with van der Waals surface area (Å²) in [6, 6.07) is 32.6. The third-order valence-electron chi connectivity index (χ3n) is 8.46. The summed E-state index contributed by atoms with van der Waals surface area (Å²) in [6.45, 7) is 0.955. The maximum absolute atomic E-state index is 14.7. The molecule has 0 aliphatic carbocycles. The molecule has 240 valence electrons. The van der Waals surface area contributed by atoms with E-state index in [-0.39, 0.29) is 17.5 Å². The van der Waals surface area contributed by atoms with Crippen LogP contribution in [0.4, 0.5) is 0 Å². The van der Waals surface area contributed by atoms with Gasteiger partial charge in [0.2, 0.25) is 11.7 Å². The van der Waals surface area contributed by atoms with Gasteiger partial charge in [0, 0.05) is 19.1 Å². The average molecular weight is 623 g/mol. The molecule has 0 spiro atoms. The lowest BCUT2D eigenvalue weighted by Gasteiger charge is -2.34. The van der Waals surface area contributed by atoms with Crippen LogP contribution < -0.4 is 14.2 Å². The summed E-state index contributed by atoms with van der Waals surface area (Å²) in [5, 5.41) is 1.54. The Morgan fingerprint density at radius 2 is 1.26 bits per heavy atom. The van der Waals surface area contributed by atoms with E-state index in [1.165, 1.54) is 37.5 Å². The average Bonchev–Trinajstić information content (AvgIpc) is 3.26. The van der Waals surface area contributed by atoms with Crippen molar-refractivity contribution in [1.29, 1.82) is 0 Å². The second kappa shape index (κ2) is 16.0. The van der Waals surface area contributed by atoms with E-state index in [0.29, 0.717) is 36.8 Å². The predicted octanol–water partition coefficient (Wildman–Crippen LogP) is 6.69. The number of hydroxylamine groups is 2. The molecule has 1 fully saturated rings. The van der Waals surface area contributed by atoms with Gasteiger partial charge in [-0.05, 0) is 60.9 Å². The Hall–Kier alpha value is -4.82. The van der Waals surface area contributed by atoms with Crippen molar-refractivity contribution in [3.8, 4) is 17.2 Å². The van der Waals surface area contributed by atoms with E-state index >= 15 is 0 Å². The van der Waals surface area contributed by atoms with E-state index in [0.717, 1.165) is 31.2 Å². The normalized spacial score (nSPS) is 15.3. The summed E-state index contributed by atoms with van der Waals surface area (Å²) >= 11 is 0. The lowest BCUT2D eigenvalue weighted by Crippen LogP contribution is -2.45. The molecule has 0 bridgehead atoms. The fraction of sp³-hybridized carbons (Fsp3) is 0.316. The number of hydrogen-bond acceptors (Lipinski definition) is 7. The fourth-order valence-corrected chi connectivity index (χ4v) is 6.09. The van der Waals surface area contributed by atoms with Crippen molar-refractivity contribution in [3.63, 3.8) is 0 Å². The van der Waals surface area contributed by atoms with E-state index in [1.807, 2.05) is 47.4 Å². The van der Waals surface area contributed by atoms with Crippen molar-refractivity contribution in [2.24, 2.45) is 0 Å². The van der Waals surface area contributed by atoms with Crippen molar-refractivity contribution in [2.75, 3.05) is 34.4 Å². The van der Waals surface area contributed by atoms with Gasteiger partial charge in [0.15, 0.2) is 11.5 Å². The van der Waals surface area contributed by atoms with Crippen LogP contribution in [0.3, 0.4) is 0 Å². The molecule has 1 heterocycles. The standard InChI is InChI=1S/C38H42N2O6/c1-43-33-26-31(27-34(44-2)36(33)45-3)38(42)46-40-25-13-24-39(37(41)35(40)30-18-11-6-12-19-30)32(22-20-28-14-7-4-8-15-28)23-21-29-16-9-5-10-17-29/h4-12,14-19,26-27,32,35H,13,20-25H2,1-3H3. The SMILES string of the molecule is COc1cc(C(=O)ON2CCCN(C(CCc3ccccc3)CCc3ccccc3)C(=O)C2c2ccccc2)cc(OC)c1OC. The molecule has 1 unspecified atom stereocenters. The van der Waals surface area contributed by atoms with Crippen LogP contribution in [0.25, 0.3) is 0 Å². The van der Waals surface area contributed by atoms with Crippen LogP contribution >= 0.6 is 0 Å². The van der Waals surface area contributed by atoms with E-state index in [1.54, 1.807) is 12.1 Å². The van der Waals surface area contributed by atoms with Crippen molar-refractivity contribution in [1.82, 2.24) is 9.96 Å². The van der Waals surface area contributed by atoms with E-state index in [9.17, 15) is 9.59 Å². The third kappa shape index (κ3) is 7.87. The molecular weight excluding hydrogens is 580 g/mol. The molecule has 0 aromatic heterocycles. The van der Waals surface area contributed by atoms with Gasteiger partial charge in [0.1, 0.15) is 6.04 Å². The molecule has 0 radical (unpaired) electrons. The van der Waals surface area contributed by atoms with Crippen LogP contribution in [0.5, 0.6) is 17.2 Å². The summed E-state index contributed by atoms with van der Waals surface area (Å²) in [5.74, 6) is 0.359. The Bertz CT molecular complexity index is 1500. The first-order chi connectivity index (χ1) is 22.5. The lowest BCUT2D eigenvalue weighted by atomic mass is 9.96. The van der Waals surface area contributed by atoms with Gasteiger partial charge in [-0.3, -0.25) is 4.79 Å². The zero-order valence-corrected chi connectivity index (χ0v) is 26.8. The van der Waals surface area contributed by atoms with Crippen LogP contribution in [-0.2, 0) is 22.5 Å². The smallest absolute Gasteiger partial charge is 0.357 e. The highest BCUT2D eigenvalue weighted by molar-refractivity contribution is 5.91. The topological polar surface area (TPSA) is 77.5 Å². The minimum atomic E-state index is -0.800. The van der Waals surface area contributed by atoms with Crippen LogP contribution in [0.2, 0.25) is 0 Å². The van der Waals surface area contributed by atoms with Crippen molar-refractivity contribution < 1.29 is 28.6 Å². The van der Waals surface area contributed by atoms with E-state index in [2.05, 4.69) is 48.5 Å².